The van der Waals surface area contributed by atoms with Crippen LogP contribution in [0.15, 0.2) is 18.2 Å². The normalized spacial score (nSPS) is 15.7. The minimum atomic E-state index is 0.966. The van der Waals surface area contributed by atoms with Crippen LogP contribution >= 0.6 is 0 Å². The number of aryl methyl sites for hydroxylation is 1. The fourth-order valence-corrected chi connectivity index (χ4v) is 2.40. The second-order valence-electron chi connectivity index (χ2n) is 4.69. The molecule has 0 unspecified atom stereocenters. The Morgan fingerprint density at radius 1 is 1.28 bits per heavy atom. The van der Waals surface area contributed by atoms with Crippen LogP contribution in [0.1, 0.15) is 24.2 Å². The Bertz CT molecular complexity index is 501. The molecule has 2 aromatic rings. The van der Waals surface area contributed by atoms with Gasteiger partial charge in [0.2, 0.25) is 0 Å². The maximum Gasteiger partial charge on any atom is 0.121 e. The van der Waals surface area contributed by atoms with Crippen LogP contribution in [0.25, 0.3) is 11.0 Å². The lowest BCUT2D eigenvalue weighted by molar-refractivity contribution is 0.324. The van der Waals surface area contributed by atoms with Crippen molar-refractivity contribution < 1.29 is 5.11 Å². The maximum absolute atomic E-state index is 7.00. The second kappa shape index (κ2) is 5.98. The summed E-state index contributed by atoms with van der Waals surface area (Å²) in [7, 11) is 1.00. The van der Waals surface area contributed by atoms with E-state index in [-0.39, 0.29) is 0 Å². The molecule has 3 rings (SSSR count). The van der Waals surface area contributed by atoms with Gasteiger partial charge in [0.25, 0.3) is 0 Å². The van der Waals surface area contributed by atoms with E-state index in [2.05, 4.69) is 40.0 Å². The van der Waals surface area contributed by atoms with Crippen molar-refractivity contribution in [3.8, 4) is 0 Å². The molecule has 4 heteroatoms. The molecular formula is C14H21N3O. The Kier molecular flexibility index (Phi) is 4.33. The lowest BCUT2D eigenvalue weighted by atomic mass is 10.2. The van der Waals surface area contributed by atoms with Gasteiger partial charge < -0.3 is 10.1 Å². The lowest BCUT2D eigenvalue weighted by Gasteiger charge is -2.11. The third kappa shape index (κ3) is 2.89. The summed E-state index contributed by atoms with van der Waals surface area (Å²) in [4.78, 5) is 10.5. The predicted molar refractivity (Wildman–Crippen MR) is 73.5 cm³/mol. The number of fused-ring (bicyclic) bond motifs is 1. The molecule has 0 amide bonds. The molecule has 1 aromatic carbocycles. The molecule has 2 heterocycles. The van der Waals surface area contributed by atoms with E-state index in [1.54, 1.807) is 0 Å². The summed E-state index contributed by atoms with van der Waals surface area (Å²) in [6.45, 7) is 5.51. The van der Waals surface area contributed by atoms with E-state index in [9.17, 15) is 0 Å². The highest BCUT2D eigenvalue weighted by Gasteiger charge is 2.13. The van der Waals surface area contributed by atoms with Crippen molar-refractivity contribution in [2.75, 3.05) is 20.2 Å². The molecule has 1 saturated heterocycles. The number of rotatable bonds is 2. The van der Waals surface area contributed by atoms with Gasteiger partial charge in [0, 0.05) is 7.11 Å². The first-order valence-corrected chi connectivity index (χ1v) is 6.43. The van der Waals surface area contributed by atoms with Crippen molar-refractivity contribution in [2.24, 2.45) is 0 Å². The van der Waals surface area contributed by atoms with Gasteiger partial charge in [0.15, 0.2) is 0 Å². The van der Waals surface area contributed by atoms with E-state index in [1.165, 1.54) is 31.5 Å². The van der Waals surface area contributed by atoms with Crippen LogP contribution < -0.4 is 0 Å². The number of H-pyrrole nitrogens is 1. The summed E-state index contributed by atoms with van der Waals surface area (Å²) >= 11 is 0. The SMILES string of the molecule is CO.Cc1ccc2nc(CN3CCCC3)[nH]c2c1. The largest absolute Gasteiger partial charge is 0.400 e. The monoisotopic (exact) mass is 247 g/mol. The second-order valence-corrected chi connectivity index (χ2v) is 4.69. The molecule has 0 radical (unpaired) electrons. The minimum Gasteiger partial charge on any atom is -0.400 e. The highest BCUT2D eigenvalue weighted by molar-refractivity contribution is 5.75. The highest BCUT2D eigenvalue weighted by Crippen LogP contribution is 2.16. The molecule has 2 N–H and O–H groups in total. The summed E-state index contributed by atoms with van der Waals surface area (Å²) in [6.07, 6.45) is 2.67. The number of benzene rings is 1. The van der Waals surface area contributed by atoms with Gasteiger partial charge in [-0.15, -0.1) is 0 Å². The van der Waals surface area contributed by atoms with Crippen LogP contribution in [0.5, 0.6) is 0 Å². The molecule has 0 aliphatic carbocycles. The van der Waals surface area contributed by atoms with Crippen molar-refractivity contribution >= 4 is 11.0 Å². The van der Waals surface area contributed by atoms with Crippen LogP contribution in [0.3, 0.4) is 0 Å². The number of aliphatic hydroxyl groups excluding tert-OH is 1. The fourth-order valence-electron chi connectivity index (χ4n) is 2.40. The number of aromatic amines is 1. The predicted octanol–water partition coefficient (Wildman–Crippen LogP) is 2.08. The van der Waals surface area contributed by atoms with E-state index in [0.29, 0.717) is 0 Å². The molecule has 4 nitrogen and oxygen atoms in total. The molecule has 0 spiro atoms. The third-order valence-corrected chi connectivity index (χ3v) is 3.26. The van der Waals surface area contributed by atoms with E-state index >= 15 is 0 Å². The molecule has 98 valence electrons. The Hall–Kier alpha value is -1.39. The summed E-state index contributed by atoms with van der Waals surface area (Å²) in [5, 5.41) is 7.00. The zero-order chi connectivity index (χ0) is 13.0. The van der Waals surface area contributed by atoms with Crippen molar-refractivity contribution in [1.29, 1.82) is 0 Å². The zero-order valence-corrected chi connectivity index (χ0v) is 11.1. The molecule has 1 aliphatic heterocycles. The summed E-state index contributed by atoms with van der Waals surface area (Å²) in [5.41, 5.74) is 3.53. The van der Waals surface area contributed by atoms with Gasteiger partial charge in [-0.3, -0.25) is 4.90 Å². The number of imidazole rings is 1. The lowest BCUT2D eigenvalue weighted by Crippen LogP contribution is -2.19. The van der Waals surface area contributed by atoms with Crippen LogP contribution in [-0.4, -0.2) is 40.2 Å². The Labute approximate surface area is 108 Å². The average molecular weight is 247 g/mol. The van der Waals surface area contributed by atoms with Gasteiger partial charge in [0.05, 0.1) is 17.6 Å². The van der Waals surface area contributed by atoms with Crippen LogP contribution in [0, 0.1) is 6.92 Å². The molecule has 0 bridgehead atoms. The van der Waals surface area contributed by atoms with Gasteiger partial charge >= 0.3 is 0 Å². The quantitative estimate of drug-likeness (QED) is 0.854. The van der Waals surface area contributed by atoms with Crippen LogP contribution in [-0.2, 0) is 6.54 Å². The standard InChI is InChI=1S/C13H17N3.CH4O/c1-10-4-5-11-12(8-10)15-13(14-11)9-16-6-2-3-7-16;1-2/h4-5,8H,2-3,6-7,9H2,1H3,(H,14,15);2H,1H3. The molecule has 0 atom stereocenters. The number of likely N-dealkylation sites (tertiary alicyclic amines) is 1. The van der Waals surface area contributed by atoms with E-state index in [4.69, 9.17) is 5.11 Å². The van der Waals surface area contributed by atoms with Gasteiger partial charge in [-0.05, 0) is 50.6 Å². The summed E-state index contributed by atoms with van der Waals surface area (Å²) < 4.78 is 0. The summed E-state index contributed by atoms with van der Waals surface area (Å²) in [6, 6.07) is 6.37. The van der Waals surface area contributed by atoms with E-state index in [1.807, 2.05) is 0 Å². The Morgan fingerprint density at radius 3 is 2.72 bits per heavy atom. The first-order valence-electron chi connectivity index (χ1n) is 6.43. The van der Waals surface area contributed by atoms with Gasteiger partial charge in [0.1, 0.15) is 5.82 Å². The van der Waals surface area contributed by atoms with E-state index < -0.39 is 0 Å². The molecule has 1 aliphatic rings. The smallest absolute Gasteiger partial charge is 0.121 e. The highest BCUT2D eigenvalue weighted by atomic mass is 16.2. The first kappa shape index (κ1) is 13.1. The van der Waals surface area contributed by atoms with Crippen LogP contribution in [0.4, 0.5) is 0 Å². The zero-order valence-electron chi connectivity index (χ0n) is 11.1. The van der Waals surface area contributed by atoms with Gasteiger partial charge in [-0.2, -0.15) is 0 Å². The molecule has 18 heavy (non-hydrogen) atoms. The van der Waals surface area contributed by atoms with Crippen molar-refractivity contribution in [2.45, 2.75) is 26.3 Å². The number of aliphatic hydroxyl groups is 1. The van der Waals surface area contributed by atoms with Crippen molar-refractivity contribution in [3.05, 3.63) is 29.6 Å². The number of nitrogens with one attached hydrogen (secondary N) is 1. The minimum absolute atomic E-state index is 0.966. The number of nitrogens with zero attached hydrogens (tertiary/aromatic N) is 2. The molecular weight excluding hydrogens is 226 g/mol. The number of aromatic nitrogens is 2. The molecule has 1 aromatic heterocycles. The van der Waals surface area contributed by atoms with Crippen molar-refractivity contribution in [3.63, 3.8) is 0 Å². The topological polar surface area (TPSA) is 52.2 Å². The van der Waals surface area contributed by atoms with Gasteiger partial charge in [-0.1, -0.05) is 6.07 Å². The van der Waals surface area contributed by atoms with Gasteiger partial charge in [-0.25, -0.2) is 4.98 Å². The Morgan fingerprint density at radius 2 is 2.00 bits per heavy atom. The maximum atomic E-state index is 7.00. The fraction of sp³-hybridized carbons (Fsp3) is 0.500. The number of hydrogen-bond acceptors (Lipinski definition) is 3. The third-order valence-electron chi connectivity index (χ3n) is 3.26. The Balaban J connectivity index is 0.000000574. The number of hydrogen-bond donors (Lipinski definition) is 2. The van der Waals surface area contributed by atoms with E-state index in [0.717, 1.165) is 30.5 Å². The van der Waals surface area contributed by atoms with Crippen molar-refractivity contribution in [1.82, 2.24) is 14.9 Å². The molecule has 1 fully saturated rings. The van der Waals surface area contributed by atoms with Crippen LogP contribution in [0.2, 0.25) is 0 Å². The summed E-state index contributed by atoms with van der Waals surface area (Å²) in [5.74, 6) is 1.10. The average Bonchev–Trinajstić information content (AvgIpc) is 3.00. The molecule has 0 saturated carbocycles. The first-order chi connectivity index (χ1) is 8.81.